The Morgan fingerprint density at radius 2 is 2.12 bits per heavy atom. The van der Waals surface area contributed by atoms with Crippen LogP contribution in [-0.2, 0) is 13.2 Å². The van der Waals surface area contributed by atoms with Crippen LogP contribution in [0.25, 0.3) is 0 Å². The number of halogens is 2. The molecule has 1 saturated heterocycles. The second-order valence-electron chi connectivity index (χ2n) is 8.74. The molecule has 2 atom stereocenters. The lowest BCUT2D eigenvalue weighted by Crippen LogP contribution is -2.32. The van der Waals surface area contributed by atoms with Crippen LogP contribution in [0.2, 0.25) is 0 Å². The van der Waals surface area contributed by atoms with Crippen LogP contribution in [0.1, 0.15) is 24.8 Å². The topological polar surface area (TPSA) is 50.6 Å². The Labute approximate surface area is 186 Å². The first kappa shape index (κ1) is 22.2. The molecule has 1 aromatic heterocycles. The van der Waals surface area contributed by atoms with Gasteiger partial charge in [-0.3, -0.25) is 4.57 Å². The molecule has 2 aliphatic rings. The van der Waals surface area contributed by atoms with Gasteiger partial charge in [0.15, 0.2) is 11.6 Å². The first-order valence-electron chi connectivity index (χ1n) is 10.8. The van der Waals surface area contributed by atoms with E-state index in [0.717, 1.165) is 50.3 Å². The molecule has 0 amide bonds. The maximum atomic E-state index is 13.4. The van der Waals surface area contributed by atoms with Gasteiger partial charge in [0.25, 0.3) is 0 Å². The van der Waals surface area contributed by atoms with E-state index >= 15 is 0 Å². The van der Waals surface area contributed by atoms with Gasteiger partial charge in [-0.25, -0.2) is 13.6 Å². The Morgan fingerprint density at radius 1 is 1.31 bits per heavy atom. The summed E-state index contributed by atoms with van der Waals surface area (Å²) in [5.74, 6) is -0.475. The highest BCUT2D eigenvalue weighted by Crippen LogP contribution is 2.36. The van der Waals surface area contributed by atoms with E-state index in [1.54, 1.807) is 10.6 Å². The van der Waals surface area contributed by atoms with Gasteiger partial charge in [0.05, 0.1) is 0 Å². The smallest absolute Gasteiger partial charge is 0.352 e. The molecule has 0 aliphatic carbocycles. The number of likely N-dealkylation sites (N-methyl/N-ethyl adjacent to an activating group) is 1. The summed E-state index contributed by atoms with van der Waals surface area (Å²) < 4.78 is 33.9. The van der Waals surface area contributed by atoms with Crippen molar-refractivity contribution in [1.82, 2.24) is 14.5 Å². The lowest BCUT2D eigenvalue weighted by atomic mass is 9.89. The van der Waals surface area contributed by atoms with Gasteiger partial charge in [-0.15, -0.1) is 5.73 Å². The third-order valence-electron chi connectivity index (χ3n) is 6.18. The van der Waals surface area contributed by atoms with Crippen LogP contribution in [0, 0.1) is 17.6 Å². The normalized spacial score (nSPS) is 19.8. The molecule has 2 aliphatic heterocycles. The summed E-state index contributed by atoms with van der Waals surface area (Å²) in [5.41, 5.74) is 4.47. The van der Waals surface area contributed by atoms with Crippen LogP contribution >= 0.6 is 0 Å². The zero-order valence-corrected chi connectivity index (χ0v) is 18.5. The van der Waals surface area contributed by atoms with Gasteiger partial charge < -0.3 is 14.5 Å². The van der Waals surface area contributed by atoms with Crippen LogP contribution in [0.4, 0.5) is 14.6 Å². The molecule has 0 N–H and O–H groups in total. The van der Waals surface area contributed by atoms with Gasteiger partial charge in [0.2, 0.25) is 5.88 Å². The zero-order valence-electron chi connectivity index (χ0n) is 18.5. The summed E-state index contributed by atoms with van der Waals surface area (Å²) in [6.45, 7) is 6.16. The van der Waals surface area contributed by atoms with Crippen molar-refractivity contribution in [3.05, 3.63) is 69.8 Å². The fourth-order valence-electron chi connectivity index (χ4n) is 4.68. The number of aromatic nitrogens is 2. The van der Waals surface area contributed by atoms with Gasteiger partial charge in [-0.2, -0.15) is 4.98 Å². The fourth-order valence-corrected chi connectivity index (χ4v) is 4.68. The molecule has 8 heteroatoms. The highest BCUT2D eigenvalue weighted by atomic mass is 19.2. The molecule has 1 fully saturated rings. The van der Waals surface area contributed by atoms with Crippen LogP contribution in [0.15, 0.2) is 46.9 Å². The van der Waals surface area contributed by atoms with Crippen molar-refractivity contribution >= 4 is 5.82 Å². The van der Waals surface area contributed by atoms with Crippen molar-refractivity contribution in [2.24, 2.45) is 5.92 Å². The number of benzene rings is 1. The molecule has 1 aromatic carbocycles. The Morgan fingerprint density at radius 3 is 2.84 bits per heavy atom. The van der Waals surface area contributed by atoms with Gasteiger partial charge in [-0.05, 0) is 62.5 Å². The lowest BCUT2D eigenvalue weighted by Gasteiger charge is -2.25. The van der Waals surface area contributed by atoms with Crippen LogP contribution in [-0.4, -0.2) is 47.7 Å². The Bertz CT molecular complexity index is 1110. The fraction of sp³-hybridized carbons (Fsp3) is 0.458. The second kappa shape index (κ2) is 9.27. The van der Waals surface area contributed by atoms with Crippen molar-refractivity contribution < 1.29 is 13.5 Å². The first-order chi connectivity index (χ1) is 15.4. The largest absolute Gasteiger partial charge is 0.473 e. The van der Waals surface area contributed by atoms with E-state index in [4.69, 9.17) is 4.74 Å². The Kier molecular flexibility index (Phi) is 6.44. The van der Waals surface area contributed by atoms with E-state index in [-0.39, 0.29) is 24.2 Å². The van der Waals surface area contributed by atoms with Gasteiger partial charge >= 0.3 is 5.69 Å². The number of rotatable bonds is 6. The number of hydrogen-bond donors (Lipinski definition) is 0. The van der Waals surface area contributed by atoms with Crippen molar-refractivity contribution in [3.63, 3.8) is 0 Å². The average Bonchev–Trinajstić information content (AvgIpc) is 2.96. The highest BCUT2D eigenvalue weighted by Gasteiger charge is 2.35. The number of hydrogen-bond acceptors (Lipinski definition) is 5. The molecule has 0 spiro atoms. The minimum Gasteiger partial charge on any atom is -0.473 e. The molecule has 2 unspecified atom stereocenters. The van der Waals surface area contributed by atoms with Gasteiger partial charge in [0.1, 0.15) is 12.4 Å². The summed E-state index contributed by atoms with van der Waals surface area (Å²) in [4.78, 5) is 21.1. The van der Waals surface area contributed by atoms with E-state index in [0.29, 0.717) is 18.0 Å². The highest BCUT2D eigenvalue weighted by molar-refractivity contribution is 5.47. The number of anilines is 1. The van der Waals surface area contributed by atoms with Crippen molar-refractivity contribution in [2.75, 3.05) is 32.1 Å². The van der Waals surface area contributed by atoms with E-state index < -0.39 is 11.6 Å². The first-order valence-corrected chi connectivity index (χ1v) is 10.8. The van der Waals surface area contributed by atoms with Crippen LogP contribution < -0.4 is 15.3 Å². The Balaban J connectivity index is 1.51. The SMILES string of the molecule is C=C=C(CN(C)C)C1CCCN2c3cc(OCc4ccc(F)c(F)c4)nc(=O)n3CC2C1. The van der Waals surface area contributed by atoms with E-state index in [1.807, 2.05) is 14.1 Å². The summed E-state index contributed by atoms with van der Waals surface area (Å²) in [6, 6.07) is 5.55. The monoisotopic (exact) mass is 442 g/mol. The molecule has 0 bridgehead atoms. The molecular formula is C24H28F2N4O2. The standard InChI is InChI=1S/C24H28F2N4O2/c1-4-17(13-28(2)3)18-6-5-9-29-19(11-18)14-30-23(29)12-22(27-24(30)31)32-15-16-7-8-20(25)21(26)10-16/h7-8,10,12,18-19H,1,5-6,9,11,13-15H2,2-3H3. The summed E-state index contributed by atoms with van der Waals surface area (Å²) >= 11 is 0. The molecule has 0 radical (unpaired) electrons. The minimum absolute atomic E-state index is 0.00335. The van der Waals surface area contributed by atoms with E-state index in [2.05, 4.69) is 27.1 Å². The predicted octanol–water partition coefficient (Wildman–Crippen LogP) is 3.36. The molecule has 170 valence electrons. The molecule has 2 aromatic rings. The van der Waals surface area contributed by atoms with Gasteiger partial charge in [-0.1, -0.05) is 12.6 Å². The Hall–Kier alpha value is -2.96. The number of nitrogens with zero attached hydrogens (tertiary/aromatic N) is 4. The molecule has 0 saturated carbocycles. The minimum atomic E-state index is -0.933. The average molecular weight is 443 g/mol. The summed E-state index contributed by atoms with van der Waals surface area (Å²) in [7, 11) is 4.08. The summed E-state index contributed by atoms with van der Waals surface area (Å²) in [5, 5.41) is 0. The molecular weight excluding hydrogens is 414 g/mol. The zero-order chi connectivity index (χ0) is 22.8. The predicted molar refractivity (Wildman–Crippen MR) is 119 cm³/mol. The quantitative estimate of drug-likeness (QED) is 0.642. The summed E-state index contributed by atoms with van der Waals surface area (Å²) in [6.07, 6.45) is 2.99. The number of ether oxygens (including phenoxy) is 1. The molecule has 4 rings (SSSR count). The lowest BCUT2D eigenvalue weighted by molar-refractivity contribution is 0.290. The number of fused-ring (bicyclic) bond motifs is 3. The third kappa shape index (κ3) is 4.61. The van der Waals surface area contributed by atoms with Crippen molar-refractivity contribution in [3.8, 4) is 5.88 Å². The maximum absolute atomic E-state index is 13.4. The maximum Gasteiger partial charge on any atom is 0.352 e. The van der Waals surface area contributed by atoms with Gasteiger partial charge in [0, 0.05) is 31.7 Å². The third-order valence-corrected chi connectivity index (χ3v) is 6.18. The molecule has 32 heavy (non-hydrogen) atoms. The molecule has 3 heterocycles. The van der Waals surface area contributed by atoms with Crippen LogP contribution in [0.3, 0.4) is 0 Å². The van der Waals surface area contributed by atoms with Crippen molar-refractivity contribution in [2.45, 2.75) is 38.5 Å². The van der Waals surface area contributed by atoms with Crippen LogP contribution in [0.5, 0.6) is 5.88 Å². The molecule has 6 nitrogen and oxygen atoms in total. The van der Waals surface area contributed by atoms with Crippen molar-refractivity contribution in [1.29, 1.82) is 0 Å². The second-order valence-corrected chi connectivity index (χ2v) is 8.74. The van der Waals surface area contributed by atoms with E-state index in [9.17, 15) is 13.6 Å². The van der Waals surface area contributed by atoms with E-state index in [1.165, 1.54) is 11.6 Å².